The second-order valence-electron chi connectivity index (χ2n) is 3.63. The molecule has 16 heavy (non-hydrogen) atoms. The first-order valence-electron chi connectivity index (χ1n) is 5.07. The van der Waals surface area contributed by atoms with Crippen molar-refractivity contribution < 1.29 is 9.59 Å². The summed E-state index contributed by atoms with van der Waals surface area (Å²) >= 11 is 0. The first-order chi connectivity index (χ1) is 7.70. The van der Waals surface area contributed by atoms with Crippen molar-refractivity contribution in [1.29, 1.82) is 0 Å². The van der Waals surface area contributed by atoms with Crippen LogP contribution in [0.4, 0.5) is 5.69 Å². The van der Waals surface area contributed by atoms with E-state index in [1.54, 1.807) is 12.1 Å². The highest BCUT2D eigenvalue weighted by molar-refractivity contribution is 6.04. The van der Waals surface area contributed by atoms with Gasteiger partial charge in [-0.2, -0.15) is 0 Å². The minimum atomic E-state index is -0.137. The summed E-state index contributed by atoms with van der Waals surface area (Å²) in [5.41, 5.74) is 7.21. The maximum Gasteiger partial charge on any atom is 0.246 e. The molecule has 1 heterocycles. The fourth-order valence-corrected chi connectivity index (χ4v) is 1.60. The largest absolute Gasteiger partial charge is 0.345 e. The van der Waals surface area contributed by atoms with Gasteiger partial charge < -0.3 is 16.0 Å². The zero-order valence-electron chi connectivity index (χ0n) is 8.77. The third-order valence-electron chi connectivity index (χ3n) is 2.52. The summed E-state index contributed by atoms with van der Waals surface area (Å²) in [6, 6.07) is 7.32. The number of carbonyl (C=O) groups is 2. The molecule has 5 nitrogen and oxygen atoms in total. The summed E-state index contributed by atoms with van der Waals surface area (Å²) in [4.78, 5) is 24.2. The van der Waals surface area contributed by atoms with Crippen LogP contribution in [0.15, 0.2) is 24.3 Å². The Bertz CT molecular complexity index is 414. The Morgan fingerprint density at radius 2 is 1.94 bits per heavy atom. The highest BCUT2D eigenvalue weighted by atomic mass is 16.2. The molecule has 0 bridgehead atoms. The van der Waals surface area contributed by atoms with Crippen LogP contribution in [0.3, 0.4) is 0 Å². The second kappa shape index (κ2) is 4.32. The van der Waals surface area contributed by atoms with Crippen LogP contribution in [-0.4, -0.2) is 24.9 Å². The van der Waals surface area contributed by atoms with Crippen LogP contribution in [-0.2, 0) is 16.1 Å². The van der Waals surface area contributed by atoms with Gasteiger partial charge in [0.05, 0.1) is 6.54 Å². The summed E-state index contributed by atoms with van der Waals surface area (Å²) in [6.45, 7) is 0.618. The average molecular weight is 219 g/mol. The fraction of sp³-hybridized carbons (Fsp3) is 0.273. The van der Waals surface area contributed by atoms with Crippen molar-refractivity contribution in [3.8, 4) is 0 Å². The Labute approximate surface area is 93.2 Å². The Morgan fingerprint density at radius 1 is 1.25 bits per heavy atom. The molecule has 2 rings (SSSR count). The molecule has 0 atom stereocenters. The molecule has 0 radical (unpaired) electrons. The van der Waals surface area contributed by atoms with Gasteiger partial charge in [0.25, 0.3) is 0 Å². The number of carbonyl (C=O) groups excluding carboxylic acids is 2. The number of anilines is 1. The van der Waals surface area contributed by atoms with Crippen molar-refractivity contribution in [1.82, 2.24) is 5.32 Å². The molecule has 2 amide bonds. The molecule has 1 aliphatic rings. The van der Waals surface area contributed by atoms with E-state index in [1.165, 1.54) is 4.90 Å². The van der Waals surface area contributed by atoms with Gasteiger partial charge in [0.2, 0.25) is 11.8 Å². The van der Waals surface area contributed by atoms with Crippen molar-refractivity contribution in [2.75, 3.05) is 18.0 Å². The van der Waals surface area contributed by atoms with Crippen LogP contribution in [0.5, 0.6) is 0 Å². The highest BCUT2D eigenvalue weighted by Gasteiger charge is 2.23. The predicted octanol–water partition coefficient (Wildman–Crippen LogP) is -0.392. The SMILES string of the molecule is NCc1ccc(N2CC(=O)NCC2=O)cc1. The summed E-state index contributed by atoms with van der Waals surface area (Å²) in [5, 5.41) is 2.50. The normalized spacial score (nSPS) is 16.2. The first kappa shape index (κ1) is 10.6. The maximum absolute atomic E-state index is 11.6. The summed E-state index contributed by atoms with van der Waals surface area (Å²) < 4.78 is 0. The number of nitrogens with zero attached hydrogens (tertiary/aromatic N) is 1. The second-order valence-corrected chi connectivity index (χ2v) is 3.63. The van der Waals surface area contributed by atoms with Crippen LogP contribution >= 0.6 is 0 Å². The Hall–Kier alpha value is -1.88. The van der Waals surface area contributed by atoms with Gasteiger partial charge in [-0.25, -0.2) is 0 Å². The van der Waals surface area contributed by atoms with Crippen LogP contribution < -0.4 is 16.0 Å². The standard InChI is InChI=1S/C11H13N3O2/c12-5-8-1-3-9(4-2-8)14-7-10(15)13-6-11(14)16/h1-4H,5-7,12H2,(H,13,15). The number of hydrogen-bond acceptors (Lipinski definition) is 3. The van der Waals surface area contributed by atoms with Crippen molar-refractivity contribution in [2.24, 2.45) is 5.73 Å². The van der Waals surface area contributed by atoms with Crippen LogP contribution in [0.1, 0.15) is 5.56 Å². The lowest BCUT2D eigenvalue weighted by molar-refractivity contribution is -0.128. The molecule has 1 saturated heterocycles. The van der Waals surface area contributed by atoms with Crippen molar-refractivity contribution in [3.63, 3.8) is 0 Å². The van der Waals surface area contributed by atoms with E-state index in [-0.39, 0.29) is 24.9 Å². The van der Waals surface area contributed by atoms with Crippen molar-refractivity contribution in [3.05, 3.63) is 29.8 Å². The lowest BCUT2D eigenvalue weighted by Crippen LogP contribution is -2.51. The van der Waals surface area contributed by atoms with E-state index >= 15 is 0 Å². The van der Waals surface area contributed by atoms with E-state index in [0.717, 1.165) is 11.3 Å². The molecule has 0 spiro atoms. The maximum atomic E-state index is 11.6. The summed E-state index contributed by atoms with van der Waals surface area (Å²) in [7, 11) is 0. The smallest absolute Gasteiger partial charge is 0.246 e. The molecule has 1 aromatic carbocycles. The van der Waals surface area contributed by atoms with Crippen molar-refractivity contribution in [2.45, 2.75) is 6.54 Å². The molecular formula is C11H13N3O2. The number of piperazine rings is 1. The number of rotatable bonds is 2. The van der Waals surface area contributed by atoms with E-state index in [2.05, 4.69) is 5.32 Å². The van der Waals surface area contributed by atoms with E-state index in [1.807, 2.05) is 12.1 Å². The van der Waals surface area contributed by atoms with Gasteiger partial charge in [-0.05, 0) is 17.7 Å². The monoisotopic (exact) mass is 219 g/mol. The van der Waals surface area contributed by atoms with Gasteiger partial charge in [-0.3, -0.25) is 9.59 Å². The average Bonchev–Trinajstić information content (AvgIpc) is 2.32. The summed E-state index contributed by atoms with van der Waals surface area (Å²) in [5.74, 6) is -0.234. The zero-order valence-corrected chi connectivity index (χ0v) is 8.77. The van der Waals surface area contributed by atoms with Gasteiger partial charge in [0.1, 0.15) is 6.54 Å². The Balaban J connectivity index is 2.21. The highest BCUT2D eigenvalue weighted by Crippen LogP contribution is 2.16. The van der Waals surface area contributed by atoms with Gasteiger partial charge in [-0.1, -0.05) is 12.1 Å². The minimum absolute atomic E-state index is 0.0669. The number of benzene rings is 1. The Kier molecular flexibility index (Phi) is 2.87. The number of hydrogen-bond donors (Lipinski definition) is 2. The third kappa shape index (κ3) is 2.04. The van der Waals surface area contributed by atoms with E-state index in [4.69, 9.17) is 5.73 Å². The molecule has 3 N–H and O–H groups in total. The molecule has 0 saturated carbocycles. The fourth-order valence-electron chi connectivity index (χ4n) is 1.60. The lowest BCUT2D eigenvalue weighted by Gasteiger charge is -2.26. The molecule has 1 aromatic rings. The molecule has 0 unspecified atom stereocenters. The van der Waals surface area contributed by atoms with Crippen LogP contribution in [0.2, 0.25) is 0 Å². The van der Waals surface area contributed by atoms with Crippen LogP contribution in [0, 0.1) is 0 Å². The molecule has 5 heteroatoms. The first-order valence-corrected chi connectivity index (χ1v) is 5.07. The molecular weight excluding hydrogens is 206 g/mol. The quantitative estimate of drug-likeness (QED) is 0.711. The molecule has 0 aromatic heterocycles. The molecule has 0 aliphatic carbocycles. The molecule has 84 valence electrons. The minimum Gasteiger partial charge on any atom is -0.345 e. The Morgan fingerprint density at radius 3 is 2.56 bits per heavy atom. The topological polar surface area (TPSA) is 75.4 Å². The third-order valence-corrected chi connectivity index (χ3v) is 2.52. The van der Waals surface area contributed by atoms with Gasteiger partial charge in [0.15, 0.2) is 0 Å². The van der Waals surface area contributed by atoms with Gasteiger partial charge >= 0.3 is 0 Å². The zero-order chi connectivity index (χ0) is 11.5. The molecule has 1 fully saturated rings. The number of amides is 2. The molecule has 1 aliphatic heterocycles. The van der Waals surface area contributed by atoms with Crippen molar-refractivity contribution >= 4 is 17.5 Å². The predicted molar refractivity (Wildman–Crippen MR) is 59.7 cm³/mol. The number of nitrogens with two attached hydrogens (primary N) is 1. The van der Waals surface area contributed by atoms with E-state index < -0.39 is 0 Å². The number of nitrogens with one attached hydrogen (secondary N) is 1. The van der Waals surface area contributed by atoms with E-state index in [0.29, 0.717) is 6.54 Å². The van der Waals surface area contributed by atoms with E-state index in [9.17, 15) is 9.59 Å². The lowest BCUT2D eigenvalue weighted by atomic mass is 10.2. The summed E-state index contributed by atoms with van der Waals surface area (Å²) in [6.07, 6.45) is 0. The van der Waals surface area contributed by atoms with Crippen LogP contribution in [0.25, 0.3) is 0 Å². The van der Waals surface area contributed by atoms with Gasteiger partial charge in [-0.15, -0.1) is 0 Å². The van der Waals surface area contributed by atoms with Gasteiger partial charge in [0, 0.05) is 12.2 Å².